The predicted octanol–water partition coefficient (Wildman–Crippen LogP) is 18.8. The standard InChI is InChI=1S/2C15H22O3.C10H12O.C9H10O.C8H9Br.C7H7BrO.C7H7Br.C5H10O2.C4H9.C3H9IOS.3ClH.Fe.Li/c2*1-2-12-5-3-4-6-14(12)15(11-16)18-13-7-9-17-10-8-13;1-2-8-5-3-4-6-9(8)10-7-11-10;1-2-8-5-3-4-6-9(8)7-10;1-2-7-5-3-4-6-8(7)9;8-7-4-2-1-3-6(7)5-9;8-6-7-4-2-1-3-5-7;6-5-1-3-7-4-2-5;1-3-4-2;1-6(2,3,4)5;;;;;/h2*3-6,13,15-16H,2,7-11H2,1H3;3-6,10H,2,7H2,1H3;3-7H,2H2,1H3;3-6H,2H2,1H3;1-4,9H,5H2;1-5H,6H2;5-6H,1-4H2;1,3-4H2,2H3;1-3H3;3*1H;;/q;;;;;;;;-1;;;;;+3;+1/p-3/t15-;;;;;;;;;;;;;;/m0............../s1. The van der Waals surface area contributed by atoms with Crippen LogP contribution in [0.2, 0.25) is 0 Å². The molecule has 2 unspecified atom stereocenters. The Balaban J connectivity index is 0.00000117. The van der Waals surface area contributed by atoms with Gasteiger partial charge in [-0.25, -0.2) is 0 Å². The molecule has 4 aliphatic rings. The van der Waals surface area contributed by atoms with E-state index in [-0.39, 0.29) is 69.2 Å². The number of epoxide rings is 1. The summed E-state index contributed by atoms with van der Waals surface area (Å²) < 4.78 is 45.9. The second kappa shape index (κ2) is 63.6. The number of alkyl halides is 1. The van der Waals surface area contributed by atoms with Crippen molar-refractivity contribution >= 4 is 112 Å². The number of ether oxygens (including phenoxy) is 6. The van der Waals surface area contributed by atoms with Crippen LogP contribution in [0.25, 0.3) is 0 Å². The van der Waals surface area contributed by atoms with E-state index >= 15 is 0 Å². The van der Waals surface area contributed by atoms with Crippen molar-refractivity contribution in [2.75, 3.05) is 78.2 Å². The van der Waals surface area contributed by atoms with Crippen molar-refractivity contribution in [3.8, 4) is 0 Å². The van der Waals surface area contributed by atoms with Crippen LogP contribution in [0.1, 0.15) is 177 Å². The largest absolute Gasteiger partial charge is 1.00 e. The number of carbonyl (C=O) groups is 1. The van der Waals surface area contributed by atoms with Gasteiger partial charge in [-0.3, -0.25) is 9.00 Å². The molecule has 11 rings (SSSR count). The molecule has 12 nitrogen and oxygen atoms in total. The van der Waals surface area contributed by atoms with Gasteiger partial charge in [-0.05, 0) is 157 Å². The predicted molar refractivity (Wildman–Crippen MR) is 453 cm³/mol. The average molecular weight is 1870 g/mol. The number of rotatable bonds is 18. The molecule has 4 aliphatic heterocycles. The monoisotopic (exact) mass is 1870 g/mol. The molecular formula is C83H117Br3Cl3FeILiO12S. The molecule has 105 heavy (non-hydrogen) atoms. The van der Waals surface area contributed by atoms with Gasteiger partial charge in [-0.1, -0.05) is 266 Å². The third-order valence-electron chi connectivity index (χ3n) is 15.6. The number of unbranched alkanes of at least 4 members (excludes halogenated alkanes) is 1. The van der Waals surface area contributed by atoms with Gasteiger partial charge in [0.1, 0.15) is 24.6 Å². The minimum Gasteiger partial charge on any atom is 1.00 e. The minimum atomic E-state index is -2.13. The molecule has 4 fully saturated rings. The number of hydrogen-bond donors (Lipinski definition) is 4. The van der Waals surface area contributed by atoms with Crippen molar-refractivity contribution in [3.63, 3.8) is 0 Å². The molecule has 0 amide bonds. The molecule has 0 saturated carbocycles. The quantitative estimate of drug-likeness (QED) is 0.0122. The van der Waals surface area contributed by atoms with Crippen LogP contribution in [0.15, 0.2) is 185 Å². The molecule has 7 aromatic carbocycles. The topological polar surface area (TPSA) is 174 Å². The number of benzene rings is 7. The van der Waals surface area contributed by atoms with Gasteiger partial charge in [-0.15, -0.1) is 0 Å². The fraction of sp³-hybridized carbons (Fsp3) is 0.470. The number of aldehydes is 1. The Bertz CT molecular complexity index is 3200. The van der Waals surface area contributed by atoms with Crippen LogP contribution >= 0.6 is 99.3 Å². The van der Waals surface area contributed by atoms with Crippen LogP contribution in [0.5, 0.6) is 0 Å². The van der Waals surface area contributed by atoms with Crippen molar-refractivity contribution in [3.05, 3.63) is 253 Å². The van der Waals surface area contributed by atoms with E-state index in [2.05, 4.69) is 168 Å². The first-order chi connectivity index (χ1) is 49.9. The Kier molecular flexibility index (Phi) is 62.5. The van der Waals surface area contributed by atoms with E-state index in [4.69, 9.17) is 68.9 Å². The zero-order valence-electron chi connectivity index (χ0n) is 63.4. The zero-order valence-corrected chi connectivity index (χ0v) is 74.5. The normalized spacial score (nSPS) is 15.4. The molecule has 0 radical (unpaired) electrons. The summed E-state index contributed by atoms with van der Waals surface area (Å²) in [6.07, 6.45) is 17.0. The van der Waals surface area contributed by atoms with E-state index < -0.39 is 17.4 Å². The maximum atomic E-state index is 10.8. The molecule has 3 atom stereocenters. The fourth-order valence-corrected chi connectivity index (χ4v) is 11.2. The molecule has 4 N–H and O–H groups in total. The van der Waals surface area contributed by atoms with Crippen molar-refractivity contribution in [1.29, 1.82) is 0 Å². The molecule has 0 spiro atoms. The van der Waals surface area contributed by atoms with Crippen LogP contribution in [0.3, 0.4) is 0 Å². The summed E-state index contributed by atoms with van der Waals surface area (Å²) in [4.78, 5) is 10.4. The summed E-state index contributed by atoms with van der Waals surface area (Å²) in [5, 5.41) is 37.6. The molecule has 0 bridgehead atoms. The number of hydrogen-bond acceptors (Lipinski definition) is 12. The van der Waals surface area contributed by atoms with E-state index in [0.29, 0.717) is 6.10 Å². The summed E-state index contributed by atoms with van der Waals surface area (Å²) in [6.45, 7) is 22.0. The van der Waals surface area contributed by atoms with E-state index in [1.165, 1.54) is 44.3 Å². The van der Waals surface area contributed by atoms with Gasteiger partial charge in [-0.2, -0.15) is 6.42 Å². The summed E-state index contributed by atoms with van der Waals surface area (Å²) in [6, 6.07) is 58.7. The van der Waals surface area contributed by atoms with Gasteiger partial charge < -0.3 is 55.8 Å². The molecule has 585 valence electrons. The molecule has 0 aliphatic carbocycles. The van der Waals surface area contributed by atoms with E-state index in [1.54, 1.807) is 18.8 Å². The number of aryl methyl sites for hydroxylation is 5. The fourth-order valence-electron chi connectivity index (χ4n) is 9.89. The Hall–Kier alpha value is -1.88. The Labute approximate surface area is 697 Å². The van der Waals surface area contributed by atoms with Gasteiger partial charge in [0.25, 0.3) is 0 Å². The summed E-state index contributed by atoms with van der Waals surface area (Å²) >= 11 is 10.7. The summed E-state index contributed by atoms with van der Waals surface area (Å²) in [7, 11) is 14.7. The van der Waals surface area contributed by atoms with Crippen molar-refractivity contribution in [2.24, 2.45) is 0 Å². The zero-order chi connectivity index (χ0) is 77.4. The smallest absolute Gasteiger partial charge is 1.00 e. The molecule has 4 saturated heterocycles. The van der Waals surface area contributed by atoms with Crippen LogP contribution < -0.4 is 18.9 Å². The van der Waals surface area contributed by atoms with Crippen molar-refractivity contribution in [1.82, 2.24) is 0 Å². The Morgan fingerprint density at radius 1 is 0.543 bits per heavy atom. The van der Waals surface area contributed by atoms with Crippen LogP contribution in [0, 0.1) is 6.92 Å². The van der Waals surface area contributed by atoms with Gasteiger partial charge in [0.15, 0.2) is 0 Å². The van der Waals surface area contributed by atoms with E-state index in [0.717, 1.165) is 167 Å². The first-order valence-electron chi connectivity index (χ1n) is 35.7. The summed E-state index contributed by atoms with van der Waals surface area (Å²) in [5.41, 5.74) is 13.1. The number of carbonyl (C=O) groups excluding carboxylic acids is 1. The third kappa shape index (κ3) is 52.1. The average Bonchev–Trinajstić information content (AvgIpc) is 1.53. The summed E-state index contributed by atoms with van der Waals surface area (Å²) in [5.74, 6) is 0. The van der Waals surface area contributed by atoms with E-state index in [1.807, 2.05) is 125 Å². The van der Waals surface area contributed by atoms with Gasteiger partial charge in [0.05, 0.1) is 44.7 Å². The number of aliphatic hydroxyl groups is 4. The molecule has 4 heterocycles. The maximum Gasteiger partial charge on any atom is 1.00 e. The number of halogens is 7. The minimum absolute atomic E-state index is 0. The third-order valence-corrected chi connectivity index (χ3v) is 17.8. The van der Waals surface area contributed by atoms with Crippen molar-refractivity contribution in [2.45, 2.75) is 174 Å². The first-order valence-corrected chi connectivity index (χ1v) is 48.7. The van der Waals surface area contributed by atoms with Crippen LogP contribution in [-0.4, -0.2) is 127 Å². The van der Waals surface area contributed by atoms with Crippen LogP contribution in [-0.2, 0) is 89.9 Å². The second-order valence-corrected chi connectivity index (χ2v) is 46.0. The van der Waals surface area contributed by atoms with Crippen LogP contribution in [0.4, 0.5) is 0 Å². The van der Waals surface area contributed by atoms with Crippen molar-refractivity contribution < 1.29 is 87.9 Å². The SMILES string of the molecule is BrCc1ccccc1.CCc1ccccc1Br.CCc1ccccc1C(CO)OC1CCOCC1.CCc1ccccc1C1CO1.CCc1ccccc1C=O.CCc1ccccc1[C@H](CO)OC1CCOCC1.CS(C)(C)(=O)I.OC1CCOCC1.OCc1ccccc1Br.[CH2-]CCC.[Cl][Fe]([Cl])[Cl].[Li+]. The first kappa shape index (κ1) is 103. The number of aliphatic hydroxyl groups excluding tert-OH is 4. The molecule has 22 heteroatoms. The van der Waals surface area contributed by atoms with Gasteiger partial charge in [0.2, 0.25) is 0 Å². The maximum absolute atomic E-state index is 10.8. The Morgan fingerprint density at radius 3 is 1.15 bits per heavy atom. The molecular weight excluding hydrogens is 1760 g/mol. The van der Waals surface area contributed by atoms with Gasteiger partial charge >= 0.3 is 60.3 Å². The molecule has 0 aromatic heterocycles. The second-order valence-electron chi connectivity index (χ2n) is 24.8. The molecule has 7 aromatic rings. The van der Waals surface area contributed by atoms with E-state index in [9.17, 15) is 19.2 Å². The Morgan fingerprint density at radius 2 is 0.867 bits per heavy atom. The van der Waals surface area contributed by atoms with Gasteiger partial charge in [0, 0.05) is 80.7 Å².